The average molecular weight is 318 g/mol. The predicted octanol–water partition coefficient (Wildman–Crippen LogP) is 2.98. The first kappa shape index (κ1) is 17.8. The number of anilines is 1. The van der Waals surface area contributed by atoms with Gasteiger partial charge in [-0.05, 0) is 27.0 Å². The molecular formula is C14H27N3OS2. The third-order valence-corrected chi connectivity index (χ3v) is 4.59. The van der Waals surface area contributed by atoms with Crippen molar-refractivity contribution < 1.29 is 4.74 Å². The van der Waals surface area contributed by atoms with E-state index in [1.54, 1.807) is 18.4 Å². The monoisotopic (exact) mass is 317 g/mol. The molecular weight excluding hydrogens is 290 g/mol. The van der Waals surface area contributed by atoms with E-state index in [9.17, 15) is 0 Å². The Morgan fingerprint density at radius 2 is 2.10 bits per heavy atom. The molecule has 6 heteroatoms. The molecule has 0 spiro atoms. The maximum absolute atomic E-state index is 5.27. The summed E-state index contributed by atoms with van der Waals surface area (Å²) in [6, 6.07) is 0. The predicted molar refractivity (Wildman–Crippen MR) is 91.1 cm³/mol. The second kappa shape index (κ2) is 8.22. The van der Waals surface area contributed by atoms with Gasteiger partial charge in [-0.15, -0.1) is 11.3 Å². The highest BCUT2D eigenvalue weighted by Gasteiger charge is 2.16. The van der Waals surface area contributed by atoms with Crippen molar-refractivity contribution in [3.63, 3.8) is 0 Å². The number of rotatable bonds is 8. The van der Waals surface area contributed by atoms with Crippen molar-refractivity contribution in [2.45, 2.75) is 39.5 Å². The first-order chi connectivity index (χ1) is 9.37. The number of thioether (sulfide) groups is 1. The Bertz CT molecular complexity index is 402. The summed E-state index contributed by atoms with van der Waals surface area (Å²) in [5.41, 5.74) is 1.17. The van der Waals surface area contributed by atoms with Gasteiger partial charge in [0.25, 0.3) is 0 Å². The molecule has 4 nitrogen and oxygen atoms in total. The molecule has 1 aromatic rings. The van der Waals surface area contributed by atoms with Gasteiger partial charge in [0.05, 0.1) is 12.3 Å². The highest BCUT2D eigenvalue weighted by Crippen LogP contribution is 2.26. The smallest absolute Gasteiger partial charge is 0.185 e. The van der Waals surface area contributed by atoms with Crippen molar-refractivity contribution in [3.8, 4) is 0 Å². The molecule has 1 N–H and O–H groups in total. The summed E-state index contributed by atoms with van der Waals surface area (Å²) in [5.74, 6) is 1.12. The van der Waals surface area contributed by atoms with Crippen LogP contribution in [0.15, 0.2) is 0 Å². The van der Waals surface area contributed by atoms with Crippen LogP contribution < -0.4 is 10.2 Å². The van der Waals surface area contributed by atoms with Crippen molar-refractivity contribution in [1.29, 1.82) is 0 Å². The molecule has 0 atom stereocenters. The minimum Gasteiger partial charge on any atom is -0.378 e. The lowest BCUT2D eigenvalue weighted by Gasteiger charge is -2.20. The Kier molecular flexibility index (Phi) is 7.29. The van der Waals surface area contributed by atoms with Crippen molar-refractivity contribution in [2.24, 2.45) is 0 Å². The lowest BCUT2D eigenvalue weighted by Crippen LogP contribution is -2.35. The molecule has 0 aromatic carbocycles. The molecule has 1 aromatic heterocycles. The number of thiazole rings is 1. The van der Waals surface area contributed by atoms with Gasteiger partial charge in [0, 0.05) is 43.4 Å². The Morgan fingerprint density at radius 1 is 1.40 bits per heavy atom. The van der Waals surface area contributed by atoms with Crippen molar-refractivity contribution in [1.82, 2.24) is 10.3 Å². The molecule has 0 aliphatic heterocycles. The van der Waals surface area contributed by atoms with E-state index in [0.717, 1.165) is 29.7 Å². The summed E-state index contributed by atoms with van der Waals surface area (Å²) in [4.78, 5) is 8.22. The van der Waals surface area contributed by atoms with Gasteiger partial charge in [0.2, 0.25) is 0 Å². The average Bonchev–Trinajstić information content (AvgIpc) is 2.76. The fraction of sp³-hybridized carbons (Fsp3) is 0.786. The number of nitrogens with one attached hydrogen (secondary N) is 1. The SMILES string of the molecule is COCc1nc(N(C)CCSC)sc1CNC(C)(C)C. The first-order valence-corrected chi connectivity index (χ1v) is 9.01. The van der Waals surface area contributed by atoms with Crippen molar-refractivity contribution in [2.75, 3.05) is 37.6 Å². The number of aromatic nitrogens is 1. The van der Waals surface area contributed by atoms with Gasteiger partial charge in [-0.25, -0.2) is 4.98 Å². The van der Waals surface area contributed by atoms with Gasteiger partial charge in [0.1, 0.15) is 0 Å². The zero-order chi connectivity index (χ0) is 15.2. The van der Waals surface area contributed by atoms with Crippen LogP contribution in [0.25, 0.3) is 0 Å². The summed E-state index contributed by atoms with van der Waals surface area (Å²) in [5, 5.41) is 4.61. The van der Waals surface area contributed by atoms with Gasteiger partial charge in [-0.2, -0.15) is 11.8 Å². The van der Waals surface area contributed by atoms with E-state index < -0.39 is 0 Å². The molecule has 0 saturated carbocycles. The second-order valence-electron chi connectivity index (χ2n) is 5.82. The maximum atomic E-state index is 5.27. The van der Waals surface area contributed by atoms with Crippen LogP contribution in [0.3, 0.4) is 0 Å². The Hall–Kier alpha value is -0.300. The van der Waals surface area contributed by atoms with Crippen LogP contribution in [0, 0.1) is 0 Å². The van der Waals surface area contributed by atoms with Crippen molar-refractivity contribution >= 4 is 28.2 Å². The summed E-state index contributed by atoms with van der Waals surface area (Å²) >= 11 is 3.62. The second-order valence-corrected chi connectivity index (χ2v) is 7.86. The minimum atomic E-state index is 0.110. The quantitative estimate of drug-likeness (QED) is 0.798. The molecule has 1 rings (SSSR count). The van der Waals surface area contributed by atoms with E-state index in [0.29, 0.717) is 6.61 Å². The minimum absolute atomic E-state index is 0.110. The van der Waals surface area contributed by atoms with E-state index in [1.807, 2.05) is 11.8 Å². The van der Waals surface area contributed by atoms with E-state index in [1.165, 1.54) is 4.88 Å². The zero-order valence-corrected chi connectivity index (χ0v) is 15.1. The highest BCUT2D eigenvalue weighted by molar-refractivity contribution is 7.98. The van der Waals surface area contributed by atoms with Crippen LogP contribution in [0.4, 0.5) is 5.13 Å². The van der Waals surface area contributed by atoms with Crippen LogP contribution >= 0.6 is 23.1 Å². The standard InChI is InChI=1S/C14H27N3OS2/c1-14(2,3)15-9-12-11(10-18-5)16-13(20-12)17(4)7-8-19-6/h15H,7-10H2,1-6H3. The molecule has 0 bridgehead atoms. The van der Waals surface area contributed by atoms with E-state index in [4.69, 9.17) is 9.72 Å². The number of methoxy groups -OCH3 is 1. The molecule has 0 fully saturated rings. The Labute approximate surface area is 131 Å². The van der Waals surface area contributed by atoms with Gasteiger partial charge >= 0.3 is 0 Å². The lowest BCUT2D eigenvalue weighted by molar-refractivity contribution is 0.181. The van der Waals surface area contributed by atoms with E-state index >= 15 is 0 Å². The number of ether oxygens (including phenoxy) is 1. The Balaban J connectivity index is 2.78. The number of hydrogen-bond acceptors (Lipinski definition) is 6. The summed E-state index contributed by atoms with van der Waals surface area (Å²) in [6.07, 6.45) is 2.13. The molecule has 0 unspecified atom stereocenters. The zero-order valence-electron chi connectivity index (χ0n) is 13.4. The molecule has 0 saturated heterocycles. The van der Waals surface area contributed by atoms with Gasteiger partial charge < -0.3 is 15.0 Å². The third kappa shape index (κ3) is 5.99. The van der Waals surface area contributed by atoms with E-state index in [2.05, 4.69) is 44.3 Å². The topological polar surface area (TPSA) is 37.4 Å². The first-order valence-electron chi connectivity index (χ1n) is 6.80. The molecule has 0 radical (unpaired) electrons. The fourth-order valence-corrected chi connectivity index (χ4v) is 3.04. The maximum Gasteiger partial charge on any atom is 0.185 e. The summed E-state index contributed by atoms with van der Waals surface area (Å²) in [6.45, 7) is 8.97. The number of hydrogen-bond donors (Lipinski definition) is 1. The van der Waals surface area contributed by atoms with Gasteiger partial charge in [-0.3, -0.25) is 0 Å². The van der Waals surface area contributed by atoms with Crippen molar-refractivity contribution in [3.05, 3.63) is 10.6 Å². The molecule has 20 heavy (non-hydrogen) atoms. The summed E-state index contributed by atoms with van der Waals surface area (Å²) in [7, 11) is 3.82. The Morgan fingerprint density at radius 3 is 2.65 bits per heavy atom. The molecule has 0 aliphatic rings. The molecule has 116 valence electrons. The number of nitrogens with zero attached hydrogens (tertiary/aromatic N) is 2. The molecule has 0 amide bonds. The third-order valence-electron chi connectivity index (χ3n) is 2.78. The van der Waals surface area contributed by atoms with Gasteiger partial charge in [-0.1, -0.05) is 0 Å². The molecule has 0 aliphatic carbocycles. The highest BCUT2D eigenvalue weighted by atomic mass is 32.2. The summed E-state index contributed by atoms with van der Waals surface area (Å²) < 4.78 is 5.27. The normalized spacial score (nSPS) is 11.9. The van der Waals surface area contributed by atoms with Crippen LogP contribution in [-0.2, 0) is 17.9 Å². The van der Waals surface area contributed by atoms with Crippen LogP contribution in [0.2, 0.25) is 0 Å². The van der Waals surface area contributed by atoms with Crippen LogP contribution in [0.1, 0.15) is 31.3 Å². The lowest BCUT2D eigenvalue weighted by atomic mass is 10.1. The van der Waals surface area contributed by atoms with Crippen LogP contribution in [-0.4, -0.2) is 43.2 Å². The van der Waals surface area contributed by atoms with Gasteiger partial charge in [0.15, 0.2) is 5.13 Å². The van der Waals surface area contributed by atoms with E-state index in [-0.39, 0.29) is 5.54 Å². The fourth-order valence-electron chi connectivity index (χ4n) is 1.59. The molecule has 1 heterocycles. The van der Waals surface area contributed by atoms with Crippen LogP contribution in [0.5, 0.6) is 0 Å². The largest absolute Gasteiger partial charge is 0.378 e.